The molecule has 1 saturated heterocycles. The van der Waals surface area contributed by atoms with Crippen LogP contribution in [0.15, 0.2) is 33.7 Å². The maximum absolute atomic E-state index is 12.1. The zero-order chi connectivity index (χ0) is 21.9. The zero-order valence-corrected chi connectivity index (χ0v) is 18.5. The number of nitrogens with zero attached hydrogens (tertiary/aromatic N) is 3. The number of amides is 1. The lowest BCUT2D eigenvalue weighted by molar-refractivity contribution is 0.0188. The van der Waals surface area contributed by atoms with E-state index in [1.165, 1.54) is 12.1 Å². The Morgan fingerprint density at radius 1 is 1.23 bits per heavy atom. The SMILES string of the molecule is CC(C)(C)OC(=O)N1CCC(CNc2nc(-c3ccc(S(C)(=O)=O)cc3)no2)CC1. The molecule has 0 saturated carbocycles. The van der Waals surface area contributed by atoms with E-state index in [0.717, 1.165) is 19.1 Å². The highest BCUT2D eigenvalue weighted by molar-refractivity contribution is 7.90. The van der Waals surface area contributed by atoms with Gasteiger partial charge in [0.05, 0.1) is 4.90 Å². The number of rotatable bonds is 5. The number of benzene rings is 1. The van der Waals surface area contributed by atoms with Gasteiger partial charge in [0.15, 0.2) is 9.84 Å². The number of piperidine rings is 1. The van der Waals surface area contributed by atoms with Crippen LogP contribution in [0.4, 0.5) is 10.8 Å². The molecule has 1 aromatic heterocycles. The van der Waals surface area contributed by atoms with Crippen LogP contribution in [-0.4, -0.2) is 61.0 Å². The van der Waals surface area contributed by atoms with E-state index in [4.69, 9.17) is 9.26 Å². The van der Waals surface area contributed by atoms with E-state index in [0.29, 0.717) is 43.0 Å². The summed E-state index contributed by atoms with van der Waals surface area (Å²) in [6, 6.07) is 6.65. The maximum atomic E-state index is 12.1. The van der Waals surface area contributed by atoms with Crippen molar-refractivity contribution in [2.75, 3.05) is 31.2 Å². The van der Waals surface area contributed by atoms with E-state index >= 15 is 0 Å². The Kier molecular flexibility index (Phi) is 6.35. The van der Waals surface area contributed by atoms with Gasteiger partial charge in [-0.05, 0) is 63.8 Å². The van der Waals surface area contributed by atoms with Gasteiger partial charge in [0, 0.05) is 31.5 Å². The average molecular weight is 437 g/mol. The van der Waals surface area contributed by atoms with Crippen LogP contribution >= 0.6 is 0 Å². The zero-order valence-electron chi connectivity index (χ0n) is 17.7. The van der Waals surface area contributed by atoms with Crippen molar-refractivity contribution in [2.24, 2.45) is 5.92 Å². The van der Waals surface area contributed by atoms with Gasteiger partial charge in [0.2, 0.25) is 5.82 Å². The number of aromatic nitrogens is 2. The Morgan fingerprint density at radius 2 is 1.87 bits per heavy atom. The molecule has 3 rings (SSSR count). The van der Waals surface area contributed by atoms with E-state index in [2.05, 4.69) is 15.5 Å². The molecule has 1 fully saturated rings. The van der Waals surface area contributed by atoms with E-state index in [-0.39, 0.29) is 11.0 Å². The summed E-state index contributed by atoms with van der Waals surface area (Å²) in [4.78, 5) is 18.4. The minimum absolute atomic E-state index is 0.241. The quantitative estimate of drug-likeness (QED) is 0.760. The summed E-state index contributed by atoms with van der Waals surface area (Å²) in [5.74, 6) is 0.769. The van der Waals surface area contributed by atoms with Gasteiger partial charge in [-0.1, -0.05) is 5.16 Å². The van der Waals surface area contributed by atoms with Crippen LogP contribution in [0, 0.1) is 5.92 Å². The largest absolute Gasteiger partial charge is 0.444 e. The van der Waals surface area contributed by atoms with Crippen molar-refractivity contribution >= 4 is 21.9 Å². The number of hydrogen-bond donors (Lipinski definition) is 1. The first-order valence-electron chi connectivity index (χ1n) is 9.87. The minimum atomic E-state index is -3.25. The molecule has 0 radical (unpaired) electrons. The van der Waals surface area contributed by atoms with Gasteiger partial charge in [0.1, 0.15) is 5.60 Å². The van der Waals surface area contributed by atoms with Crippen molar-refractivity contribution < 1.29 is 22.5 Å². The third-order valence-electron chi connectivity index (χ3n) is 4.77. The molecule has 30 heavy (non-hydrogen) atoms. The lowest BCUT2D eigenvalue weighted by atomic mass is 9.97. The molecule has 1 aromatic carbocycles. The fourth-order valence-corrected chi connectivity index (χ4v) is 3.77. The van der Waals surface area contributed by atoms with Crippen LogP contribution in [0.3, 0.4) is 0 Å². The third kappa shape index (κ3) is 5.94. The molecule has 10 heteroatoms. The monoisotopic (exact) mass is 436 g/mol. The number of nitrogens with one attached hydrogen (secondary N) is 1. The predicted octanol–water partition coefficient (Wildman–Crippen LogP) is 3.20. The molecule has 0 bridgehead atoms. The lowest BCUT2D eigenvalue weighted by Gasteiger charge is -2.33. The van der Waals surface area contributed by atoms with Crippen LogP contribution < -0.4 is 5.32 Å². The van der Waals surface area contributed by atoms with Crippen molar-refractivity contribution in [3.8, 4) is 11.4 Å². The second kappa shape index (κ2) is 8.63. The molecule has 1 aliphatic rings. The summed E-state index contributed by atoms with van der Waals surface area (Å²) in [5, 5.41) is 7.10. The summed E-state index contributed by atoms with van der Waals surface area (Å²) in [6.07, 6.45) is 2.62. The highest BCUT2D eigenvalue weighted by Crippen LogP contribution is 2.22. The summed E-state index contributed by atoms with van der Waals surface area (Å²) in [6.45, 7) is 7.56. The van der Waals surface area contributed by atoms with Gasteiger partial charge < -0.3 is 19.5 Å². The van der Waals surface area contributed by atoms with Gasteiger partial charge in [-0.15, -0.1) is 0 Å². The number of hydrogen-bond acceptors (Lipinski definition) is 8. The van der Waals surface area contributed by atoms with Crippen LogP contribution in [0.2, 0.25) is 0 Å². The van der Waals surface area contributed by atoms with Gasteiger partial charge in [-0.25, -0.2) is 13.2 Å². The van der Waals surface area contributed by atoms with E-state index in [1.54, 1.807) is 17.0 Å². The van der Waals surface area contributed by atoms with Crippen molar-refractivity contribution in [2.45, 2.75) is 44.1 Å². The molecule has 2 aromatic rings. The van der Waals surface area contributed by atoms with E-state index in [9.17, 15) is 13.2 Å². The molecule has 0 unspecified atom stereocenters. The molecule has 164 valence electrons. The third-order valence-corrected chi connectivity index (χ3v) is 5.90. The molecule has 9 nitrogen and oxygen atoms in total. The smallest absolute Gasteiger partial charge is 0.410 e. The van der Waals surface area contributed by atoms with Crippen molar-refractivity contribution in [1.29, 1.82) is 0 Å². The normalized spacial score (nSPS) is 15.8. The van der Waals surface area contributed by atoms with Crippen LogP contribution in [-0.2, 0) is 14.6 Å². The number of sulfone groups is 1. The fraction of sp³-hybridized carbons (Fsp3) is 0.550. The standard InChI is InChI=1S/C20H28N4O5S/c1-20(2,3)28-19(25)24-11-9-14(10-12-24)13-21-18-22-17(23-29-18)15-5-7-16(8-6-15)30(4,26)27/h5-8,14H,9-13H2,1-4H3,(H,21,22,23). The molecule has 0 aliphatic carbocycles. The molecule has 1 aliphatic heterocycles. The molecule has 0 spiro atoms. The summed E-state index contributed by atoms with van der Waals surface area (Å²) >= 11 is 0. The van der Waals surface area contributed by atoms with E-state index in [1.807, 2.05) is 20.8 Å². The number of carbonyl (C=O) groups is 1. The fourth-order valence-electron chi connectivity index (χ4n) is 3.14. The second-order valence-corrected chi connectivity index (χ2v) is 10.5. The molecule has 1 N–H and O–H groups in total. The maximum Gasteiger partial charge on any atom is 0.410 e. The number of anilines is 1. The molecule has 1 amide bonds. The topological polar surface area (TPSA) is 115 Å². The first-order valence-corrected chi connectivity index (χ1v) is 11.8. The summed E-state index contributed by atoms with van der Waals surface area (Å²) < 4.78 is 33.8. The molecular weight excluding hydrogens is 408 g/mol. The van der Waals surface area contributed by atoms with Crippen LogP contribution in [0.1, 0.15) is 33.6 Å². The van der Waals surface area contributed by atoms with E-state index < -0.39 is 15.4 Å². The Morgan fingerprint density at radius 3 is 2.43 bits per heavy atom. The van der Waals surface area contributed by atoms with Gasteiger partial charge in [-0.3, -0.25) is 0 Å². The van der Waals surface area contributed by atoms with Crippen LogP contribution in [0.25, 0.3) is 11.4 Å². The number of carbonyl (C=O) groups excluding carboxylic acids is 1. The van der Waals surface area contributed by atoms with Gasteiger partial charge in [0.25, 0.3) is 0 Å². The minimum Gasteiger partial charge on any atom is -0.444 e. The Balaban J connectivity index is 1.49. The molecular formula is C20H28N4O5S. The van der Waals surface area contributed by atoms with Gasteiger partial charge in [-0.2, -0.15) is 4.98 Å². The average Bonchev–Trinajstić information content (AvgIpc) is 3.14. The highest BCUT2D eigenvalue weighted by atomic mass is 32.2. The Bertz CT molecular complexity index is 971. The predicted molar refractivity (Wildman–Crippen MR) is 112 cm³/mol. The Labute approximate surface area is 176 Å². The lowest BCUT2D eigenvalue weighted by Crippen LogP contribution is -2.42. The first-order chi connectivity index (χ1) is 14.0. The van der Waals surface area contributed by atoms with Crippen LogP contribution in [0.5, 0.6) is 0 Å². The Hall–Kier alpha value is -2.62. The summed E-state index contributed by atoms with van der Waals surface area (Å²) in [5.41, 5.74) is 0.181. The first kappa shape index (κ1) is 22.1. The molecule has 0 atom stereocenters. The van der Waals surface area contributed by atoms with Gasteiger partial charge >= 0.3 is 12.1 Å². The second-order valence-electron chi connectivity index (χ2n) is 8.51. The van der Waals surface area contributed by atoms with Crippen molar-refractivity contribution in [3.63, 3.8) is 0 Å². The highest BCUT2D eigenvalue weighted by Gasteiger charge is 2.27. The number of ether oxygens (including phenoxy) is 1. The van der Waals surface area contributed by atoms with Crippen molar-refractivity contribution in [3.05, 3.63) is 24.3 Å². The summed E-state index contributed by atoms with van der Waals surface area (Å²) in [7, 11) is -3.25. The van der Waals surface area contributed by atoms with Crippen molar-refractivity contribution in [1.82, 2.24) is 15.0 Å². The molecule has 2 heterocycles. The number of likely N-dealkylation sites (tertiary alicyclic amines) is 1.